The minimum atomic E-state index is -4.80. The molecule has 2 N–H and O–H groups in total. The van der Waals surface area contributed by atoms with Gasteiger partial charge >= 0.3 is 6.18 Å². The summed E-state index contributed by atoms with van der Waals surface area (Å²) in [7, 11) is 1.84. The quantitative estimate of drug-likeness (QED) is 0.654. The van der Waals surface area contributed by atoms with E-state index in [1.807, 2.05) is 31.0 Å². The first-order valence-corrected chi connectivity index (χ1v) is 10.2. The molecule has 0 aromatic heterocycles. The average Bonchev–Trinajstić information content (AvgIpc) is 2.69. The number of likely N-dealkylation sites (N-methyl/N-ethyl adjacent to an activating group) is 1. The highest BCUT2D eigenvalue weighted by Gasteiger charge is 2.34. The highest BCUT2D eigenvalue weighted by atomic mass is 19.4. The number of fused-ring (bicyclic) bond motifs is 1. The zero-order valence-corrected chi connectivity index (χ0v) is 18.1. The lowest BCUT2D eigenvalue weighted by Crippen LogP contribution is -2.45. The Kier molecular flexibility index (Phi) is 7.00. The molecule has 1 aliphatic heterocycles. The van der Waals surface area contributed by atoms with Gasteiger partial charge in [0.25, 0.3) is 0 Å². The molecule has 0 saturated carbocycles. The van der Waals surface area contributed by atoms with Crippen molar-refractivity contribution in [1.29, 1.82) is 0 Å². The second-order valence-electron chi connectivity index (χ2n) is 8.06. The Bertz CT molecular complexity index is 1040. The van der Waals surface area contributed by atoms with Gasteiger partial charge in [-0.15, -0.1) is 0 Å². The van der Waals surface area contributed by atoms with E-state index in [4.69, 9.17) is 0 Å². The van der Waals surface area contributed by atoms with E-state index < -0.39 is 23.5 Å². The summed E-state index contributed by atoms with van der Waals surface area (Å²) in [6, 6.07) is 6.23. The van der Waals surface area contributed by atoms with Gasteiger partial charge in [0.05, 0.1) is 24.2 Å². The first kappa shape index (κ1) is 23.9. The summed E-state index contributed by atoms with van der Waals surface area (Å²) in [5.74, 6) is -2.09. The zero-order chi connectivity index (χ0) is 23.6. The topological polar surface area (TPSA) is 61.4 Å². The van der Waals surface area contributed by atoms with Crippen LogP contribution in [0.1, 0.15) is 39.5 Å². The molecule has 1 heterocycles. The van der Waals surface area contributed by atoms with E-state index in [-0.39, 0.29) is 30.4 Å². The number of hydrogen-bond acceptors (Lipinski definition) is 4. The predicted octanol–water partition coefficient (Wildman–Crippen LogP) is 3.94. The van der Waals surface area contributed by atoms with Crippen molar-refractivity contribution in [3.05, 3.63) is 64.0 Å². The van der Waals surface area contributed by atoms with Gasteiger partial charge in [0, 0.05) is 24.7 Å². The van der Waals surface area contributed by atoms with Gasteiger partial charge in [-0.05, 0) is 49.7 Å². The summed E-state index contributed by atoms with van der Waals surface area (Å²) >= 11 is 0. The second-order valence-corrected chi connectivity index (χ2v) is 8.06. The van der Waals surface area contributed by atoms with Crippen molar-refractivity contribution in [3.8, 4) is 0 Å². The van der Waals surface area contributed by atoms with Crippen LogP contribution in [0.5, 0.6) is 0 Å². The van der Waals surface area contributed by atoms with Gasteiger partial charge in [-0.3, -0.25) is 14.5 Å². The van der Waals surface area contributed by atoms with E-state index in [0.29, 0.717) is 35.5 Å². The van der Waals surface area contributed by atoms with Crippen molar-refractivity contribution in [2.45, 2.75) is 39.0 Å². The van der Waals surface area contributed by atoms with Crippen LogP contribution in [0.4, 0.5) is 23.2 Å². The summed E-state index contributed by atoms with van der Waals surface area (Å²) in [5.41, 5.74) is 1.06. The van der Waals surface area contributed by atoms with Crippen molar-refractivity contribution >= 4 is 17.4 Å². The molecule has 1 amide bonds. The lowest BCUT2D eigenvalue weighted by atomic mass is 9.93. The molecule has 1 atom stereocenters. The lowest BCUT2D eigenvalue weighted by Gasteiger charge is -2.34. The van der Waals surface area contributed by atoms with E-state index >= 15 is 0 Å². The van der Waals surface area contributed by atoms with Gasteiger partial charge in [0.15, 0.2) is 5.78 Å². The van der Waals surface area contributed by atoms with Crippen LogP contribution in [-0.2, 0) is 23.9 Å². The molecule has 3 rings (SSSR count). The van der Waals surface area contributed by atoms with Crippen molar-refractivity contribution in [2.75, 3.05) is 25.5 Å². The summed E-state index contributed by atoms with van der Waals surface area (Å²) in [5, 5.41) is 5.81. The second kappa shape index (κ2) is 9.38. The number of halogens is 4. The van der Waals surface area contributed by atoms with Crippen molar-refractivity contribution in [3.63, 3.8) is 0 Å². The third-order valence-corrected chi connectivity index (χ3v) is 5.59. The molecule has 172 valence electrons. The number of nitrogens with zero attached hydrogens (tertiary/aromatic N) is 1. The minimum Gasteiger partial charge on any atom is -0.325 e. The van der Waals surface area contributed by atoms with Crippen LogP contribution in [0.3, 0.4) is 0 Å². The Morgan fingerprint density at radius 3 is 2.53 bits per heavy atom. The average molecular weight is 451 g/mol. The van der Waals surface area contributed by atoms with E-state index in [1.54, 1.807) is 6.92 Å². The Morgan fingerprint density at radius 2 is 1.91 bits per heavy atom. The largest absolute Gasteiger partial charge is 0.419 e. The Morgan fingerprint density at radius 1 is 1.19 bits per heavy atom. The van der Waals surface area contributed by atoms with Crippen molar-refractivity contribution < 1.29 is 27.2 Å². The summed E-state index contributed by atoms with van der Waals surface area (Å²) in [6.45, 7) is 5.27. The maximum Gasteiger partial charge on any atom is 0.419 e. The molecule has 5 nitrogen and oxygen atoms in total. The molecule has 0 saturated heterocycles. The smallest absolute Gasteiger partial charge is 0.325 e. The maximum atomic E-state index is 13.8. The number of hydrogen-bond donors (Lipinski definition) is 2. The number of carbonyl (C=O) groups is 2. The Balaban J connectivity index is 1.80. The van der Waals surface area contributed by atoms with Gasteiger partial charge in [0.1, 0.15) is 5.82 Å². The van der Waals surface area contributed by atoms with Gasteiger partial charge in [0.2, 0.25) is 5.91 Å². The van der Waals surface area contributed by atoms with Gasteiger partial charge in [-0.25, -0.2) is 4.39 Å². The molecule has 2 aromatic rings. The van der Waals surface area contributed by atoms with Crippen LogP contribution < -0.4 is 10.6 Å². The molecule has 32 heavy (non-hydrogen) atoms. The van der Waals surface area contributed by atoms with Crippen molar-refractivity contribution in [2.24, 2.45) is 0 Å². The summed E-state index contributed by atoms with van der Waals surface area (Å²) in [6.07, 6.45) is -5.12. The number of ketones is 1. The summed E-state index contributed by atoms with van der Waals surface area (Å²) in [4.78, 5) is 27.6. The first-order valence-electron chi connectivity index (χ1n) is 10.2. The molecular formula is C23H25F4N3O2. The molecule has 2 aromatic carbocycles. The number of amides is 1. The van der Waals surface area contributed by atoms with Gasteiger partial charge in [-0.1, -0.05) is 18.2 Å². The van der Waals surface area contributed by atoms with Crippen LogP contribution in [0.15, 0.2) is 30.3 Å². The molecule has 0 radical (unpaired) electrons. The van der Waals surface area contributed by atoms with Crippen LogP contribution in [0.2, 0.25) is 0 Å². The van der Waals surface area contributed by atoms with E-state index in [9.17, 15) is 27.2 Å². The van der Waals surface area contributed by atoms with Crippen LogP contribution in [0.25, 0.3) is 0 Å². The van der Waals surface area contributed by atoms with E-state index in [0.717, 1.165) is 18.2 Å². The minimum absolute atomic E-state index is 0.105. The fourth-order valence-electron chi connectivity index (χ4n) is 3.90. The van der Waals surface area contributed by atoms with Gasteiger partial charge < -0.3 is 10.6 Å². The SMILES string of the molecule is CNC[C@@H](C)N1CC(=O)c2c(ccc(C)c2NC(=O)Cc2ccc(C(F)(F)F)c(F)c2)C1. The number of carbonyl (C=O) groups excluding carboxylic acids is 2. The first-order chi connectivity index (χ1) is 15.0. The number of anilines is 1. The summed E-state index contributed by atoms with van der Waals surface area (Å²) < 4.78 is 52.0. The lowest BCUT2D eigenvalue weighted by molar-refractivity contribution is -0.140. The van der Waals surface area contributed by atoms with Crippen LogP contribution in [-0.4, -0.2) is 42.8 Å². The fourth-order valence-corrected chi connectivity index (χ4v) is 3.90. The zero-order valence-electron chi connectivity index (χ0n) is 18.1. The number of alkyl halides is 3. The highest BCUT2D eigenvalue weighted by Crippen LogP contribution is 2.32. The van der Waals surface area contributed by atoms with E-state index in [1.165, 1.54) is 0 Å². The third-order valence-electron chi connectivity index (χ3n) is 5.59. The Hall–Kier alpha value is -2.78. The molecule has 0 aliphatic carbocycles. The molecular weight excluding hydrogens is 426 g/mol. The normalized spacial score (nSPS) is 15.4. The third kappa shape index (κ3) is 5.16. The monoisotopic (exact) mass is 451 g/mol. The number of nitrogens with one attached hydrogen (secondary N) is 2. The molecule has 1 aliphatic rings. The highest BCUT2D eigenvalue weighted by molar-refractivity contribution is 6.08. The number of benzene rings is 2. The Labute approximate surface area is 183 Å². The molecule has 0 fully saturated rings. The van der Waals surface area contributed by atoms with Crippen LogP contribution in [0, 0.1) is 12.7 Å². The molecule has 0 bridgehead atoms. The number of aryl methyl sites for hydroxylation is 1. The molecule has 9 heteroatoms. The molecule has 0 spiro atoms. The van der Waals surface area contributed by atoms with Gasteiger partial charge in [-0.2, -0.15) is 13.2 Å². The maximum absolute atomic E-state index is 13.8. The predicted molar refractivity (Wildman–Crippen MR) is 113 cm³/mol. The van der Waals surface area contributed by atoms with E-state index in [2.05, 4.69) is 10.6 Å². The standard InChI is InChI=1S/C23H25F4N3O2/c1-13-4-6-16-11-30(14(2)10-28-3)12-19(31)21(16)22(13)29-20(32)9-15-5-7-17(18(24)8-15)23(25,26)27/h4-8,14,28H,9-12H2,1-3H3,(H,29,32)/t14-/m1/s1. The molecule has 0 unspecified atom stereocenters. The van der Waals surface area contributed by atoms with Crippen molar-refractivity contribution in [1.82, 2.24) is 10.2 Å². The number of Topliss-reactive ketones (excluding diaryl/α,β-unsaturated/α-hetero) is 1. The fraction of sp³-hybridized carbons (Fsp3) is 0.391. The number of rotatable bonds is 6. The van der Waals surface area contributed by atoms with Crippen LogP contribution >= 0.6 is 0 Å².